The second-order valence-corrected chi connectivity index (χ2v) is 6.10. The predicted octanol–water partition coefficient (Wildman–Crippen LogP) is 3.06. The van der Waals surface area contributed by atoms with Crippen molar-refractivity contribution in [3.8, 4) is 0 Å². The topological polar surface area (TPSA) is 59.5 Å². The maximum absolute atomic E-state index is 13.4. The average molecular weight is 343 g/mol. The third kappa shape index (κ3) is 3.61. The van der Waals surface area contributed by atoms with E-state index in [9.17, 15) is 14.0 Å². The van der Waals surface area contributed by atoms with E-state index in [4.69, 9.17) is 11.6 Å². The lowest BCUT2D eigenvalue weighted by molar-refractivity contribution is -0.138. The van der Waals surface area contributed by atoms with E-state index in [1.54, 1.807) is 6.92 Å². The predicted molar refractivity (Wildman–Crippen MR) is 82.0 cm³/mol. The van der Waals surface area contributed by atoms with Crippen LogP contribution in [0.3, 0.4) is 0 Å². The number of aryl methyl sites for hydroxylation is 1. The number of halogens is 2. The summed E-state index contributed by atoms with van der Waals surface area (Å²) < 4.78 is 18.2. The fraction of sp³-hybridized carbons (Fsp3) is 0.214. The van der Waals surface area contributed by atoms with E-state index < -0.39 is 17.7 Å². The van der Waals surface area contributed by atoms with Gasteiger partial charge in [0.15, 0.2) is 4.47 Å². The molecule has 0 aliphatic rings. The summed E-state index contributed by atoms with van der Waals surface area (Å²) in [5.41, 5.74) is 0.363. The molecule has 5 nitrogen and oxygen atoms in total. The second kappa shape index (κ2) is 6.85. The molecule has 8 heteroatoms. The molecule has 1 aromatic carbocycles. The summed E-state index contributed by atoms with van der Waals surface area (Å²) in [4.78, 5) is 29.9. The fourth-order valence-corrected chi connectivity index (χ4v) is 2.86. The van der Waals surface area contributed by atoms with Gasteiger partial charge in [-0.3, -0.25) is 14.5 Å². The van der Waals surface area contributed by atoms with Crippen molar-refractivity contribution in [2.45, 2.75) is 6.92 Å². The number of carbonyl (C=O) groups is 2. The molecule has 116 valence electrons. The molecule has 1 heterocycles. The minimum atomic E-state index is -0.628. The Balaban J connectivity index is 2.42. The van der Waals surface area contributed by atoms with E-state index in [1.165, 1.54) is 25.3 Å². The van der Waals surface area contributed by atoms with E-state index in [0.29, 0.717) is 4.88 Å². The third-order valence-corrected chi connectivity index (χ3v) is 3.93. The number of rotatable bonds is 4. The Hall–Kier alpha value is -1.99. The number of hydrogen-bond donors (Lipinski definition) is 0. The molecular weight excluding hydrogens is 331 g/mol. The molecule has 22 heavy (non-hydrogen) atoms. The second-order valence-electron chi connectivity index (χ2n) is 4.32. The summed E-state index contributed by atoms with van der Waals surface area (Å²) in [6, 6.07) is 5.37. The monoisotopic (exact) mass is 342 g/mol. The maximum atomic E-state index is 13.4. The van der Waals surface area contributed by atoms with Crippen molar-refractivity contribution in [2.24, 2.45) is 0 Å². The van der Waals surface area contributed by atoms with Crippen LogP contribution in [0, 0.1) is 12.7 Å². The normalized spacial score (nSPS) is 10.4. The number of methoxy groups -OCH3 is 1. The van der Waals surface area contributed by atoms with Crippen LogP contribution in [0.4, 0.5) is 10.1 Å². The molecule has 0 saturated heterocycles. The van der Waals surface area contributed by atoms with Crippen LogP contribution in [0.25, 0.3) is 0 Å². The number of benzene rings is 1. The number of nitrogens with zero attached hydrogens (tertiary/aromatic N) is 2. The summed E-state index contributed by atoms with van der Waals surface area (Å²) in [7, 11) is 1.21. The number of amides is 1. The zero-order chi connectivity index (χ0) is 16.3. The number of esters is 1. The van der Waals surface area contributed by atoms with E-state index in [1.807, 2.05) is 0 Å². The van der Waals surface area contributed by atoms with Gasteiger partial charge in [0.2, 0.25) is 0 Å². The smallest absolute Gasteiger partial charge is 0.325 e. The Morgan fingerprint density at radius 1 is 1.45 bits per heavy atom. The Labute approximate surface area is 135 Å². The molecule has 0 bridgehead atoms. The molecule has 0 fully saturated rings. The van der Waals surface area contributed by atoms with Gasteiger partial charge in [0.1, 0.15) is 18.1 Å². The highest BCUT2D eigenvalue weighted by Crippen LogP contribution is 2.25. The van der Waals surface area contributed by atoms with Crippen LogP contribution < -0.4 is 4.90 Å². The zero-order valence-corrected chi connectivity index (χ0v) is 13.4. The lowest BCUT2D eigenvalue weighted by Crippen LogP contribution is -2.36. The first-order valence-corrected chi connectivity index (χ1v) is 7.39. The maximum Gasteiger partial charge on any atom is 0.325 e. The lowest BCUT2D eigenvalue weighted by atomic mass is 10.2. The summed E-state index contributed by atoms with van der Waals surface area (Å²) >= 11 is 6.96. The molecule has 0 radical (unpaired) electrons. The summed E-state index contributed by atoms with van der Waals surface area (Å²) in [6.45, 7) is 1.34. The average Bonchev–Trinajstić information content (AvgIpc) is 2.82. The van der Waals surface area contributed by atoms with E-state index in [2.05, 4.69) is 9.72 Å². The highest BCUT2D eigenvalue weighted by atomic mass is 35.5. The van der Waals surface area contributed by atoms with Gasteiger partial charge in [0, 0.05) is 10.6 Å². The minimum Gasteiger partial charge on any atom is -0.468 e. The van der Waals surface area contributed by atoms with Crippen molar-refractivity contribution in [1.82, 2.24) is 4.98 Å². The quantitative estimate of drug-likeness (QED) is 0.801. The zero-order valence-electron chi connectivity index (χ0n) is 11.8. The van der Waals surface area contributed by atoms with Crippen molar-refractivity contribution in [1.29, 1.82) is 0 Å². The van der Waals surface area contributed by atoms with Gasteiger partial charge in [-0.2, -0.15) is 0 Å². The third-order valence-electron chi connectivity index (χ3n) is 2.85. The first-order valence-electron chi connectivity index (χ1n) is 6.19. The molecule has 2 aromatic rings. The Morgan fingerprint density at radius 2 is 2.18 bits per heavy atom. The van der Waals surface area contributed by atoms with Gasteiger partial charge in [-0.15, -0.1) is 11.3 Å². The van der Waals surface area contributed by atoms with Crippen molar-refractivity contribution in [2.75, 3.05) is 18.6 Å². The highest BCUT2D eigenvalue weighted by molar-refractivity contribution is 7.15. The molecule has 0 aliphatic carbocycles. The lowest BCUT2D eigenvalue weighted by Gasteiger charge is -2.21. The molecule has 0 aliphatic heterocycles. The van der Waals surface area contributed by atoms with Crippen LogP contribution in [0.15, 0.2) is 24.3 Å². The molecule has 0 saturated carbocycles. The van der Waals surface area contributed by atoms with Crippen LogP contribution in [0.2, 0.25) is 4.47 Å². The van der Waals surface area contributed by atoms with Crippen molar-refractivity contribution < 1.29 is 18.7 Å². The van der Waals surface area contributed by atoms with Crippen LogP contribution in [0.5, 0.6) is 0 Å². The highest BCUT2D eigenvalue weighted by Gasteiger charge is 2.25. The van der Waals surface area contributed by atoms with E-state index in [0.717, 1.165) is 22.3 Å². The molecule has 1 amide bonds. The van der Waals surface area contributed by atoms with E-state index in [-0.39, 0.29) is 22.4 Å². The molecule has 1 aromatic heterocycles. The van der Waals surface area contributed by atoms with Gasteiger partial charge in [0.05, 0.1) is 7.11 Å². The van der Waals surface area contributed by atoms with Crippen LogP contribution in [-0.4, -0.2) is 30.5 Å². The first kappa shape index (κ1) is 16.4. The van der Waals surface area contributed by atoms with Crippen LogP contribution in [-0.2, 0) is 9.53 Å². The van der Waals surface area contributed by atoms with Gasteiger partial charge in [-0.25, -0.2) is 9.37 Å². The number of anilines is 1. The number of ether oxygens (including phenoxy) is 1. The number of hydrogen-bond acceptors (Lipinski definition) is 5. The van der Waals surface area contributed by atoms with Gasteiger partial charge in [-0.1, -0.05) is 17.7 Å². The minimum absolute atomic E-state index is 0.128. The molecule has 2 rings (SSSR count). The summed E-state index contributed by atoms with van der Waals surface area (Å²) in [5, 5.41) is 0. The summed E-state index contributed by atoms with van der Waals surface area (Å²) in [5.74, 6) is -1.69. The molecule has 0 spiro atoms. The van der Waals surface area contributed by atoms with Crippen molar-refractivity contribution >= 4 is 40.5 Å². The van der Waals surface area contributed by atoms with Crippen LogP contribution in [0.1, 0.15) is 15.4 Å². The van der Waals surface area contributed by atoms with Gasteiger partial charge >= 0.3 is 5.97 Å². The largest absolute Gasteiger partial charge is 0.468 e. The Kier molecular flexibility index (Phi) is 5.10. The van der Waals surface area contributed by atoms with Gasteiger partial charge in [0.25, 0.3) is 5.91 Å². The number of carbonyl (C=O) groups excluding carboxylic acids is 2. The first-order chi connectivity index (χ1) is 10.4. The molecule has 0 N–H and O–H groups in total. The molecule has 0 atom stereocenters. The van der Waals surface area contributed by atoms with Crippen LogP contribution >= 0.6 is 22.9 Å². The number of aromatic nitrogens is 1. The van der Waals surface area contributed by atoms with Crippen molar-refractivity contribution in [3.63, 3.8) is 0 Å². The Morgan fingerprint density at radius 3 is 2.73 bits per heavy atom. The van der Waals surface area contributed by atoms with Gasteiger partial charge in [-0.05, 0) is 25.1 Å². The van der Waals surface area contributed by atoms with Crippen molar-refractivity contribution in [3.05, 3.63) is 45.1 Å². The summed E-state index contributed by atoms with van der Waals surface area (Å²) in [6.07, 6.45) is 0. The molecule has 0 unspecified atom stereocenters. The SMILES string of the molecule is COC(=O)CN(C(=O)c1nc(Cl)sc1C)c1cccc(F)c1. The standard InChI is InChI=1S/C14H12ClFN2O3S/c1-8-12(17-14(15)22-8)13(20)18(7-11(19)21-2)10-5-3-4-9(16)6-10/h3-6H,7H2,1-2H3. The molecular formula is C14H12ClFN2O3S. The fourth-order valence-electron chi connectivity index (χ4n) is 1.81. The Bertz CT molecular complexity index is 720. The van der Waals surface area contributed by atoms with E-state index >= 15 is 0 Å². The number of thiazole rings is 1. The van der Waals surface area contributed by atoms with Gasteiger partial charge < -0.3 is 4.74 Å².